The van der Waals surface area contributed by atoms with Gasteiger partial charge in [0, 0.05) is 10.0 Å². The van der Waals surface area contributed by atoms with Crippen molar-refractivity contribution in [1.29, 1.82) is 0 Å². The summed E-state index contributed by atoms with van der Waals surface area (Å²) in [5.74, 6) is -1.06. The summed E-state index contributed by atoms with van der Waals surface area (Å²) in [6.07, 6.45) is 1.07. The van der Waals surface area contributed by atoms with Crippen molar-refractivity contribution in [2.45, 2.75) is 6.54 Å². The molecule has 0 aliphatic carbocycles. The first-order valence-corrected chi connectivity index (χ1v) is 12.2. The zero-order chi connectivity index (χ0) is 22.8. The molecule has 3 aromatic carbocycles. The smallest absolute Gasteiger partial charge is 0.255 e. The van der Waals surface area contributed by atoms with Crippen LogP contribution >= 0.6 is 39.1 Å². The molecule has 0 spiro atoms. The number of rotatable bonds is 6. The normalized spacial score (nSPS) is 11.3. The third-order valence-corrected chi connectivity index (χ3v) is 6.75. The maximum Gasteiger partial charge on any atom is 0.255 e. The summed E-state index contributed by atoms with van der Waals surface area (Å²) in [5.41, 5.74) is 1.21. The van der Waals surface area contributed by atoms with Crippen LogP contribution in [0.2, 0.25) is 10.0 Å². The number of sulfonamides is 1. The molecule has 0 aliphatic heterocycles. The fraction of sp³-hybridized carbons (Fsp3) is 0.0952. The van der Waals surface area contributed by atoms with E-state index in [0.29, 0.717) is 10.0 Å². The maximum absolute atomic E-state index is 13.9. The van der Waals surface area contributed by atoms with Crippen LogP contribution in [-0.2, 0) is 16.6 Å². The predicted molar refractivity (Wildman–Crippen MR) is 126 cm³/mol. The summed E-state index contributed by atoms with van der Waals surface area (Å²) in [6, 6.07) is 15.3. The summed E-state index contributed by atoms with van der Waals surface area (Å²) >= 11 is 15.4. The molecule has 0 bridgehead atoms. The SMILES string of the molecule is CS(=O)(=O)N(Cc1ccc(C(=O)Nc2ccc(Br)cc2F)cc1)c1cccc(Cl)c1Cl. The van der Waals surface area contributed by atoms with E-state index in [9.17, 15) is 17.6 Å². The van der Waals surface area contributed by atoms with E-state index in [1.807, 2.05) is 0 Å². The Morgan fingerprint density at radius 3 is 2.39 bits per heavy atom. The van der Waals surface area contributed by atoms with Crippen LogP contribution in [0.5, 0.6) is 0 Å². The minimum atomic E-state index is -3.67. The van der Waals surface area contributed by atoms with Gasteiger partial charge in [0.05, 0.1) is 34.2 Å². The first-order chi connectivity index (χ1) is 14.6. The van der Waals surface area contributed by atoms with Crippen molar-refractivity contribution in [2.24, 2.45) is 0 Å². The monoisotopic (exact) mass is 544 g/mol. The highest BCUT2D eigenvalue weighted by Crippen LogP contribution is 2.34. The van der Waals surface area contributed by atoms with E-state index in [2.05, 4.69) is 21.2 Å². The second-order valence-electron chi connectivity index (χ2n) is 6.62. The van der Waals surface area contributed by atoms with Crippen LogP contribution < -0.4 is 9.62 Å². The summed E-state index contributed by atoms with van der Waals surface area (Å²) in [6.45, 7) is -0.0118. The number of hydrogen-bond acceptors (Lipinski definition) is 3. The van der Waals surface area contributed by atoms with Crippen LogP contribution in [0.25, 0.3) is 0 Å². The molecule has 0 fully saturated rings. The van der Waals surface area contributed by atoms with Crippen molar-refractivity contribution in [3.05, 3.63) is 92.1 Å². The Bertz CT molecular complexity index is 1240. The van der Waals surface area contributed by atoms with Crippen LogP contribution in [-0.4, -0.2) is 20.6 Å². The van der Waals surface area contributed by atoms with Crippen molar-refractivity contribution in [3.8, 4) is 0 Å². The number of nitrogens with zero attached hydrogens (tertiary/aromatic N) is 1. The van der Waals surface area contributed by atoms with Gasteiger partial charge in [0.2, 0.25) is 10.0 Å². The Balaban J connectivity index is 1.81. The van der Waals surface area contributed by atoms with E-state index in [1.165, 1.54) is 24.3 Å². The average Bonchev–Trinajstić information content (AvgIpc) is 2.70. The van der Waals surface area contributed by atoms with Crippen LogP contribution in [0.4, 0.5) is 15.8 Å². The summed E-state index contributed by atoms with van der Waals surface area (Å²) < 4.78 is 40.3. The van der Waals surface area contributed by atoms with E-state index in [0.717, 1.165) is 10.6 Å². The first-order valence-electron chi connectivity index (χ1n) is 8.83. The third kappa shape index (κ3) is 5.77. The summed E-state index contributed by atoms with van der Waals surface area (Å²) in [4.78, 5) is 12.4. The number of anilines is 2. The molecule has 0 aliphatic rings. The lowest BCUT2D eigenvalue weighted by molar-refractivity contribution is 0.102. The summed E-state index contributed by atoms with van der Waals surface area (Å²) in [7, 11) is -3.67. The Morgan fingerprint density at radius 1 is 1.10 bits per heavy atom. The van der Waals surface area contributed by atoms with Gasteiger partial charge in [-0.25, -0.2) is 12.8 Å². The molecule has 0 saturated heterocycles. The number of nitrogens with one attached hydrogen (secondary N) is 1. The molecule has 0 saturated carbocycles. The largest absolute Gasteiger partial charge is 0.319 e. The van der Waals surface area contributed by atoms with E-state index >= 15 is 0 Å². The van der Waals surface area contributed by atoms with Crippen LogP contribution in [0.3, 0.4) is 0 Å². The molecule has 3 aromatic rings. The van der Waals surface area contributed by atoms with Gasteiger partial charge >= 0.3 is 0 Å². The second kappa shape index (κ2) is 9.56. The number of benzene rings is 3. The predicted octanol–water partition coefficient (Wildman–Crippen LogP) is 6.11. The van der Waals surface area contributed by atoms with Crippen molar-refractivity contribution >= 4 is 66.4 Å². The minimum absolute atomic E-state index is 0.0118. The van der Waals surface area contributed by atoms with Gasteiger partial charge < -0.3 is 5.32 Å². The first kappa shape index (κ1) is 23.5. The van der Waals surface area contributed by atoms with Gasteiger partial charge in [-0.05, 0) is 48.0 Å². The van der Waals surface area contributed by atoms with E-state index < -0.39 is 21.7 Å². The second-order valence-corrected chi connectivity index (χ2v) is 10.2. The lowest BCUT2D eigenvalue weighted by atomic mass is 10.1. The molecule has 3 rings (SSSR count). The van der Waals surface area contributed by atoms with E-state index in [-0.39, 0.29) is 33.5 Å². The quantitative estimate of drug-likeness (QED) is 0.406. The Labute approximate surface area is 198 Å². The standard InChI is InChI=1S/C21H16BrCl2FN2O3S/c1-31(29,30)27(19-4-2-3-16(23)20(19)24)12-13-5-7-14(8-6-13)21(28)26-18-10-9-15(22)11-17(18)25/h2-11H,12H2,1H3,(H,26,28). The number of amides is 1. The third-order valence-electron chi connectivity index (χ3n) is 4.32. The van der Waals surface area contributed by atoms with Gasteiger partial charge in [-0.1, -0.05) is 57.3 Å². The lowest BCUT2D eigenvalue weighted by Crippen LogP contribution is -2.29. The summed E-state index contributed by atoms with van der Waals surface area (Å²) in [5, 5.41) is 2.87. The van der Waals surface area contributed by atoms with Gasteiger partial charge in [0.15, 0.2) is 0 Å². The van der Waals surface area contributed by atoms with Gasteiger partial charge in [-0.2, -0.15) is 0 Å². The van der Waals surface area contributed by atoms with Gasteiger partial charge in [-0.15, -0.1) is 0 Å². The Hall–Kier alpha value is -2.13. The number of carbonyl (C=O) groups is 1. The van der Waals surface area contributed by atoms with Crippen molar-refractivity contribution in [2.75, 3.05) is 15.9 Å². The fourth-order valence-corrected chi connectivity index (χ4v) is 4.45. The molecule has 10 heteroatoms. The molecule has 5 nitrogen and oxygen atoms in total. The lowest BCUT2D eigenvalue weighted by Gasteiger charge is -2.24. The number of hydrogen-bond donors (Lipinski definition) is 1. The minimum Gasteiger partial charge on any atom is -0.319 e. The molecule has 0 heterocycles. The molecular weight excluding hydrogens is 530 g/mol. The Kier molecular flexibility index (Phi) is 7.26. The number of carbonyl (C=O) groups excluding carboxylic acids is 1. The van der Waals surface area contributed by atoms with Crippen LogP contribution in [0.1, 0.15) is 15.9 Å². The molecule has 0 radical (unpaired) electrons. The zero-order valence-electron chi connectivity index (χ0n) is 16.1. The van der Waals surface area contributed by atoms with Crippen molar-refractivity contribution in [3.63, 3.8) is 0 Å². The highest BCUT2D eigenvalue weighted by molar-refractivity contribution is 9.10. The average molecular weight is 546 g/mol. The maximum atomic E-state index is 13.9. The van der Waals surface area contributed by atoms with Crippen molar-refractivity contribution < 1.29 is 17.6 Å². The van der Waals surface area contributed by atoms with Crippen molar-refractivity contribution in [1.82, 2.24) is 0 Å². The molecule has 162 valence electrons. The molecule has 0 atom stereocenters. The molecule has 0 unspecified atom stereocenters. The van der Waals surface area contributed by atoms with Crippen LogP contribution in [0, 0.1) is 5.82 Å². The molecule has 1 amide bonds. The molecule has 0 aromatic heterocycles. The van der Waals surface area contributed by atoms with Crippen LogP contribution in [0.15, 0.2) is 65.1 Å². The highest BCUT2D eigenvalue weighted by Gasteiger charge is 2.21. The number of halogens is 4. The fourth-order valence-electron chi connectivity index (χ4n) is 2.78. The molecule has 31 heavy (non-hydrogen) atoms. The molecule has 1 N–H and O–H groups in total. The highest BCUT2D eigenvalue weighted by atomic mass is 79.9. The van der Waals surface area contributed by atoms with E-state index in [4.69, 9.17) is 23.2 Å². The topological polar surface area (TPSA) is 66.5 Å². The zero-order valence-corrected chi connectivity index (χ0v) is 20.0. The molecular formula is C21H16BrCl2FN2O3S. The Morgan fingerprint density at radius 2 is 1.77 bits per heavy atom. The van der Waals surface area contributed by atoms with E-state index in [1.54, 1.807) is 36.4 Å². The van der Waals surface area contributed by atoms with Gasteiger partial charge in [0.1, 0.15) is 5.82 Å². The van der Waals surface area contributed by atoms with Gasteiger partial charge in [-0.3, -0.25) is 9.10 Å². The van der Waals surface area contributed by atoms with Gasteiger partial charge in [0.25, 0.3) is 5.91 Å².